The molecular formula is C11H16ClNO. The standard InChI is InChI=1S/C11H15NO.ClH/c1-3-12(4-2)11(13)10-8-6-5-7-9-10;/h5-9H,3-4H2,1-2H3;1H. The summed E-state index contributed by atoms with van der Waals surface area (Å²) in [5.74, 6) is 0.116. The molecule has 0 aliphatic heterocycles. The van der Waals surface area contributed by atoms with Gasteiger partial charge in [-0.15, -0.1) is 12.4 Å². The zero-order valence-electron chi connectivity index (χ0n) is 8.56. The lowest BCUT2D eigenvalue weighted by molar-refractivity contribution is 0.0773. The van der Waals surface area contributed by atoms with Gasteiger partial charge in [0, 0.05) is 18.7 Å². The van der Waals surface area contributed by atoms with E-state index in [4.69, 9.17) is 0 Å². The Morgan fingerprint density at radius 1 is 1.14 bits per heavy atom. The molecule has 14 heavy (non-hydrogen) atoms. The zero-order chi connectivity index (χ0) is 9.68. The second kappa shape index (κ2) is 6.44. The first-order valence-electron chi connectivity index (χ1n) is 4.64. The Morgan fingerprint density at radius 2 is 1.64 bits per heavy atom. The minimum absolute atomic E-state index is 0. The van der Waals surface area contributed by atoms with E-state index in [9.17, 15) is 4.79 Å². The van der Waals surface area contributed by atoms with E-state index in [-0.39, 0.29) is 18.3 Å². The van der Waals surface area contributed by atoms with E-state index in [2.05, 4.69) is 0 Å². The Bertz CT molecular complexity index is 270. The number of hydrogen-bond acceptors (Lipinski definition) is 1. The van der Waals surface area contributed by atoms with Crippen LogP contribution in [0.1, 0.15) is 24.2 Å². The maximum absolute atomic E-state index is 11.7. The largest absolute Gasteiger partial charge is 0.339 e. The third kappa shape index (κ3) is 3.04. The second-order valence-electron chi connectivity index (χ2n) is 2.84. The van der Waals surface area contributed by atoms with Crippen LogP contribution in [0.4, 0.5) is 0 Å². The summed E-state index contributed by atoms with van der Waals surface area (Å²) < 4.78 is 0. The van der Waals surface area contributed by atoms with E-state index in [0.717, 1.165) is 18.7 Å². The lowest BCUT2D eigenvalue weighted by Gasteiger charge is -2.18. The van der Waals surface area contributed by atoms with Crippen molar-refractivity contribution in [2.24, 2.45) is 0 Å². The first-order valence-corrected chi connectivity index (χ1v) is 4.64. The Labute approximate surface area is 91.3 Å². The predicted octanol–water partition coefficient (Wildman–Crippen LogP) is 2.59. The van der Waals surface area contributed by atoms with Gasteiger partial charge in [-0.2, -0.15) is 0 Å². The van der Waals surface area contributed by atoms with Gasteiger partial charge >= 0.3 is 0 Å². The highest BCUT2D eigenvalue weighted by atomic mass is 35.5. The fourth-order valence-electron chi connectivity index (χ4n) is 1.27. The fourth-order valence-corrected chi connectivity index (χ4v) is 1.27. The third-order valence-electron chi connectivity index (χ3n) is 2.07. The number of carbonyl (C=O) groups is 1. The number of rotatable bonds is 3. The van der Waals surface area contributed by atoms with E-state index in [0.29, 0.717) is 0 Å². The molecule has 3 heteroatoms. The van der Waals surface area contributed by atoms with Gasteiger partial charge in [0.1, 0.15) is 0 Å². The molecule has 0 saturated heterocycles. The number of benzene rings is 1. The van der Waals surface area contributed by atoms with Crippen molar-refractivity contribution in [2.75, 3.05) is 13.1 Å². The van der Waals surface area contributed by atoms with E-state index in [1.807, 2.05) is 49.1 Å². The summed E-state index contributed by atoms with van der Waals surface area (Å²) in [4.78, 5) is 13.5. The quantitative estimate of drug-likeness (QED) is 0.756. The molecule has 0 unspecified atom stereocenters. The van der Waals surface area contributed by atoms with Crippen molar-refractivity contribution < 1.29 is 4.79 Å². The smallest absolute Gasteiger partial charge is 0.253 e. The molecule has 1 aromatic rings. The van der Waals surface area contributed by atoms with Gasteiger partial charge in [-0.05, 0) is 26.0 Å². The number of nitrogens with zero attached hydrogens (tertiary/aromatic N) is 1. The SMILES string of the molecule is CCN(CC)C(=O)c1ccccc1.Cl. The molecule has 0 spiro atoms. The molecule has 1 aromatic carbocycles. The Hall–Kier alpha value is -1.02. The predicted molar refractivity (Wildman–Crippen MR) is 60.9 cm³/mol. The van der Waals surface area contributed by atoms with Crippen LogP contribution in [0.5, 0.6) is 0 Å². The van der Waals surface area contributed by atoms with Gasteiger partial charge in [0.2, 0.25) is 0 Å². The second-order valence-corrected chi connectivity index (χ2v) is 2.84. The summed E-state index contributed by atoms with van der Waals surface area (Å²) in [5, 5.41) is 0. The molecule has 0 N–H and O–H groups in total. The monoisotopic (exact) mass is 213 g/mol. The first-order chi connectivity index (χ1) is 6.29. The van der Waals surface area contributed by atoms with Crippen LogP contribution in [0.15, 0.2) is 30.3 Å². The van der Waals surface area contributed by atoms with Gasteiger partial charge in [-0.3, -0.25) is 4.79 Å². The van der Waals surface area contributed by atoms with E-state index in [1.165, 1.54) is 0 Å². The van der Waals surface area contributed by atoms with E-state index in [1.54, 1.807) is 0 Å². The minimum Gasteiger partial charge on any atom is -0.339 e. The molecule has 78 valence electrons. The Balaban J connectivity index is 0.00000169. The molecule has 0 radical (unpaired) electrons. The number of halogens is 1. The van der Waals surface area contributed by atoms with Crippen LogP contribution in [0.2, 0.25) is 0 Å². The summed E-state index contributed by atoms with van der Waals surface area (Å²) in [6.07, 6.45) is 0. The molecule has 1 rings (SSSR count). The van der Waals surface area contributed by atoms with Gasteiger partial charge < -0.3 is 4.90 Å². The number of amides is 1. The zero-order valence-corrected chi connectivity index (χ0v) is 9.38. The van der Waals surface area contributed by atoms with Crippen molar-refractivity contribution in [3.63, 3.8) is 0 Å². The van der Waals surface area contributed by atoms with Crippen molar-refractivity contribution in [3.8, 4) is 0 Å². The number of hydrogen-bond donors (Lipinski definition) is 0. The molecule has 0 saturated carbocycles. The van der Waals surface area contributed by atoms with Crippen LogP contribution in [0, 0.1) is 0 Å². The molecule has 2 nitrogen and oxygen atoms in total. The lowest BCUT2D eigenvalue weighted by atomic mass is 10.2. The highest BCUT2D eigenvalue weighted by Crippen LogP contribution is 2.03. The average Bonchev–Trinajstić information content (AvgIpc) is 2.21. The van der Waals surface area contributed by atoms with E-state index < -0.39 is 0 Å². The molecular weight excluding hydrogens is 198 g/mol. The molecule has 0 atom stereocenters. The van der Waals surface area contributed by atoms with Crippen LogP contribution in [-0.4, -0.2) is 23.9 Å². The van der Waals surface area contributed by atoms with Gasteiger partial charge in [-0.1, -0.05) is 18.2 Å². The summed E-state index contributed by atoms with van der Waals surface area (Å²) in [5.41, 5.74) is 0.770. The van der Waals surface area contributed by atoms with Crippen LogP contribution < -0.4 is 0 Å². The molecule has 0 aliphatic carbocycles. The van der Waals surface area contributed by atoms with Crippen molar-refractivity contribution in [2.45, 2.75) is 13.8 Å². The average molecular weight is 214 g/mol. The summed E-state index contributed by atoms with van der Waals surface area (Å²) in [6, 6.07) is 9.38. The maximum Gasteiger partial charge on any atom is 0.253 e. The normalized spacial score (nSPS) is 9.00. The van der Waals surface area contributed by atoms with Crippen LogP contribution in [0.25, 0.3) is 0 Å². The van der Waals surface area contributed by atoms with Crippen molar-refractivity contribution in [3.05, 3.63) is 35.9 Å². The van der Waals surface area contributed by atoms with Gasteiger partial charge in [0.15, 0.2) is 0 Å². The Kier molecular flexibility index (Phi) is 5.97. The molecule has 0 heterocycles. The maximum atomic E-state index is 11.7. The van der Waals surface area contributed by atoms with Gasteiger partial charge in [0.05, 0.1) is 0 Å². The molecule has 0 bridgehead atoms. The topological polar surface area (TPSA) is 20.3 Å². The van der Waals surface area contributed by atoms with Crippen molar-refractivity contribution in [1.82, 2.24) is 4.90 Å². The fraction of sp³-hybridized carbons (Fsp3) is 0.364. The Morgan fingerprint density at radius 3 is 2.07 bits per heavy atom. The highest BCUT2D eigenvalue weighted by molar-refractivity contribution is 5.94. The van der Waals surface area contributed by atoms with Gasteiger partial charge in [0.25, 0.3) is 5.91 Å². The molecule has 0 aromatic heterocycles. The van der Waals surface area contributed by atoms with Crippen molar-refractivity contribution >= 4 is 18.3 Å². The molecule has 0 fully saturated rings. The number of carbonyl (C=O) groups excluding carboxylic acids is 1. The lowest BCUT2D eigenvalue weighted by Crippen LogP contribution is -2.30. The summed E-state index contributed by atoms with van der Waals surface area (Å²) in [7, 11) is 0. The first kappa shape index (κ1) is 13.0. The highest BCUT2D eigenvalue weighted by Gasteiger charge is 2.10. The third-order valence-corrected chi connectivity index (χ3v) is 2.07. The van der Waals surface area contributed by atoms with Crippen LogP contribution in [0.3, 0.4) is 0 Å². The van der Waals surface area contributed by atoms with Crippen molar-refractivity contribution in [1.29, 1.82) is 0 Å². The van der Waals surface area contributed by atoms with Crippen LogP contribution >= 0.6 is 12.4 Å². The minimum atomic E-state index is 0. The summed E-state index contributed by atoms with van der Waals surface area (Å²) in [6.45, 7) is 5.52. The van der Waals surface area contributed by atoms with Crippen LogP contribution in [-0.2, 0) is 0 Å². The van der Waals surface area contributed by atoms with E-state index >= 15 is 0 Å². The molecule has 0 aliphatic rings. The summed E-state index contributed by atoms with van der Waals surface area (Å²) >= 11 is 0. The van der Waals surface area contributed by atoms with Gasteiger partial charge in [-0.25, -0.2) is 0 Å². The molecule has 1 amide bonds.